The predicted octanol–water partition coefficient (Wildman–Crippen LogP) is 3.86. The number of para-hydroxylation sites is 1. The first-order valence-corrected chi connectivity index (χ1v) is 9.70. The zero-order valence-electron chi connectivity index (χ0n) is 17.2. The van der Waals surface area contributed by atoms with E-state index in [1.807, 2.05) is 36.4 Å². The molecule has 2 amide bonds. The average molecular weight is 394 g/mol. The Bertz CT molecular complexity index is 948. The van der Waals surface area contributed by atoms with Crippen LogP contribution >= 0.6 is 0 Å². The molecule has 1 saturated heterocycles. The van der Waals surface area contributed by atoms with Crippen LogP contribution in [-0.4, -0.2) is 50.9 Å². The lowest BCUT2D eigenvalue weighted by Crippen LogP contribution is -2.45. The Morgan fingerprint density at radius 3 is 2.62 bits per heavy atom. The fourth-order valence-corrected chi connectivity index (χ4v) is 4.70. The number of benzene rings is 2. The molecule has 0 aliphatic carbocycles. The molecule has 1 N–H and O–H groups in total. The molecular formula is C22H26N4O3. The molecule has 152 valence electrons. The quantitative estimate of drug-likeness (QED) is 0.784. The second kappa shape index (κ2) is 7.08. The summed E-state index contributed by atoms with van der Waals surface area (Å²) in [4.78, 5) is 30.5. The Hall–Kier alpha value is -3.06. The highest BCUT2D eigenvalue weighted by Crippen LogP contribution is 2.51. The van der Waals surface area contributed by atoms with E-state index >= 15 is 0 Å². The van der Waals surface area contributed by atoms with Gasteiger partial charge in [-0.1, -0.05) is 25.1 Å². The summed E-state index contributed by atoms with van der Waals surface area (Å²) in [6.45, 7) is 3.30. The van der Waals surface area contributed by atoms with Gasteiger partial charge < -0.3 is 9.64 Å². The normalized spacial score (nSPS) is 22.8. The van der Waals surface area contributed by atoms with Crippen molar-refractivity contribution in [2.45, 2.75) is 24.9 Å². The molecule has 7 heteroatoms. The second-order valence-electron chi connectivity index (χ2n) is 8.04. The van der Waals surface area contributed by atoms with Crippen LogP contribution in [-0.2, 0) is 10.2 Å². The molecule has 1 fully saturated rings. The number of anilines is 3. The van der Waals surface area contributed by atoms with E-state index in [9.17, 15) is 9.59 Å². The molecule has 2 aliphatic heterocycles. The van der Waals surface area contributed by atoms with Crippen LogP contribution in [0.4, 0.5) is 26.7 Å². The molecule has 0 unspecified atom stereocenters. The van der Waals surface area contributed by atoms with Gasteiger partial charge in [0.05, 0.1) is 6.17 Å². The fourth-order valence-electron chi connectivity index (χ4n) is 4.70. The first-order valence-electron chi connectivity index (χ1n) is 9.70. The monoisotopic (exact) mass is 394 g/mol. The van der Waals surface area contributed by atoms with E-state index in [1.54, 1.807) is 19.2 Å². The molecule has 0 saturated carbocycles. The molecule has 29 heavy (non-hydrogen) atoms. The van der Waals surface area contributed by atoms with Crippen LogP contribution in [0.1, 0.15) is 18.9 Å². The maximum absolute atomic E-state index is 12.3. The zero-order chi connectivity index (χ0) is 20.8. The van der Waals surface area contributed by atoms with E-state index < -0.39 is 12.2 Å². The standard InChI is InChI=1S/C22H26N4O3/c1-22-12-13-24(2)19(22)26(4)18-11-10-15(14-17(18)22)23-20(27)29-21(28)25(3)16-8-6-5-7-9-16/h5-11,14,19H,12-13H2,1-4H3,(H,23,27)/t19-,22-/m0/s1. The third-order valence-corrected chi connectivity index (χ3v) is 6.17. The van der Waals surface area contributed by atoms with E-state index in [0.717, 1.165) is 13.0 Å². The van der Waals surface area contributed by atoms with Gasteiger partial charge in [0, 0.05) is 43.1 Å². The van der Waals surface area contributed by atoms with E-state index in [4.69, 9.17) is 4.74 Å². The minimum atomic E-state index is -0.797. The maximum atomic E-state index is 12.3. The third-order valence-electron chi connectivity index (χ3n) is 6.17. The Kier molecular flexibility index (Phi) is 4.70. The van der Waals surface area contributed by atoms with Crippen molar-refractivity contribution in [1.82, 2.24) is 4.90 Å². The summed E-state index contributed by atoms with van der Waals surface area (Å²) in [5.74, 6) is 0. The molecule has 0 radical (unpaired) electrons. The van der Waals surface area contributed by atoms with Crippen LogP contribution in [0.15, 0.2) is 48.5 Å². The SMILES string of the molecule is CN(C(=O)OC(=O)Nc1ccc2c(c1)[C@]1(C)CCN(C)[C@H]1N2C)c1ccccc1. The summed E-state index contributed by atoms with van der Waals surface area (Å²) in [6.07, 6.45) is -0.172. The van der Waals surface area contributed by atoms with Gasteiger partial charge in [-0.25, -0.2) is 9.59 Å². The minimum Gasteiger partial charge on any atom is -0.359 e. The molecule has 2 aromatic carbocycles. The van der Waals surface area contributed by atoms with Crippen molar-refractivity contribution in [3.8, 4) is 0 Å². The number of hydrogen-bond acceptors (Lipinski definition) is 5. The van der Waals surface area contributed by atoms with Crippen molar-refractivity contribution in [2.24, 2.45) is 0 Å². The largest absolute Gasteiger partial charge is 0.423 e. The molecule has 0 aromatic heterocycles. The topological polar surface area (TPSA) is 65.1 Å². The molecule has 2 atom stereocenters. The molecule has 2 aliphatic rings. The van der Waals surface area contributed by atoms with Crippen LogP contribution in [0.25, 0.3) is 0 Å². The van der Waals surface area contributed by atoms with Crippen LogP contribution in [0.2, 0.25) is 0 Å². The lowest BCUT2D eigenvalue weighted by Gasteiger charge is -2.32. The molecule has 0 spiro atoms. The van der Waals surface area contributed by atoms with Crippen molar-refractivity contribution >= 4 is 29.2 Å². The minimum absolute atomic E-state index is 0.00374. The van der Waals surface area contributed by atoms with Gasteiger partial charge in [-0.3, -0.25) is 15.1 Å². The van der Waals surface area contributed by atoms with Crippen molar-refractivity contribution in [3.05, 3.63) is 54.1 Å². The number of likely N-dealkylation sites (N-methyl/N-ethyl adjacent to an activating group) is 2. The van der Waals surface area contributed by atoms with Crippen molar-refractivity contribution in [2.75, 3.05) is 42.8 Å². The van der Waals surface area contributed by atoms with E-state index in [1.165, 1.54) is 16.2 Å². The third kappa shape index (κ3) is 3.21. The number of rotatable bonds is 2. The van der Waals surface area contributed by atoms with Crippen LogP contribution in [0, 0.1) is 0 Å². The summed E-state index contributed by atoms with van der Waals surface area (Å²) < 4.78 is 4.96. The van der Waals surface area contributed by atoms with Gasteiger partial charge in [-0.2, -0.15) is 0 Å². The van der Waals surface area contributed by atoms with Gasteiger partial charge in [0.15, 0.2) is 0 Å². The van der Waals surface area contributed by atoms with Gasteiger partial charge in [-0.15, -0.1) is 0 Å². The summed E-state index contributed by atoms with van der Waals surface area (Å²) in [6, 6.07) is 14.9. The van der Waals surface area contributed by atoms with Crippen molar-refractivity contribution in [3.63, 3.8) is 0 Å². The zero-order valence-corrected chi connectivity index (χ0v) is 17.2. The molecule has 2 heterocycles. The highest BCUT2D eigenvalue weighted by atomic mass is 16.6. The number of ether oxygens (including phenoxy) is 1. The van der Waals surface area contributed by atoms with E-state index in [-0.39, 0.29) is 5.41 Å². The summed E-state index contributed by atoms with van der Waals surface area (Å²) >= 11 is 0. The van der Waals surface area contributed by atoms with Crippen molar-refractivity contribution < 1.29 is 14.3 Å². The maximum Gasteiger partial charge on any atom is 0.423 e. The lowest BCUT2D eigenvalue weighted by molar-refractivity contribution is 0.166. The predicted molar refractivity (Wildman–Crippen MR) is 114 cm³/mol. The molecule has 0 bridgehead atoms. The first-order chi connectivity index (χ1) is 13.8. The average Bonchev–Trinajstić information content (AvgIpc) is 3.13. The number of carbonyl (C=O) groups is 2. The van der Waals surface area contributed by atoms with Gasteiger partial charge in [0.2, 0.25) is 0 Å². The summed E-state index contributed by atoms with van der Waals surface area (Å²) in [5.41, 5.74) is 3.65. The van der Waals surface area contributed by atoms with Gasteiger partial charge in [0.25, 0.3) is 0 Å². The Balaban J connectivity index is 1.47. The number of nitrogens with one attached hydrogen (secondary N) is 1. The Morgan fingerprint density at radius 1 is 1.17 bits per heavy atom. The number of hydrogen-bond donors (Lipinski definition) is 1. The summed E-state index contributed by atoms with van der Waals surface area (Å²) in [7, 11) is 5.81. The first kappa shape index (κ1) is 19.3. The molecular weight excluding hydrogens is 368 g/mol. The number of nitrogens with zero attached hydrogens (tertiary/aromatic N) is 3. The number of likely N-dealkylation sites (tertiary alicyclic amines) is 1. The smallest absolute Gasteiger partial charge is 0.359 e. The number of amides is 2. The van der Waals surface area contributed by atoms with Crippen LogP contribution < -0.4 is 15.1 Å². The van der Waals surface area contributed by atoms with Gasteiger partial charge >= 0.3 is 12.2 Å². The fraction of sp³-hybridized carbons (Fsp3) is 0.364. The van der Waals surface area contributed by atoms with Crippen LogP contribution in [0.5, 0.6) is 0 Å². The number of carbonyl (C=O) groups excluding carboxylic acids is 2. The second-order valence-corrected chi connectivity index (χ2v) is 8.04. The van der Waals surface area contributed by atoms with E-state index in [2.05, 4.69) is 36.1 Å². The molecule has 2 aromatic rings. The van der Waals surface area contributed by atoms with Gasteiger partial charge in [0.1, 0.15) is 0 Å². The van der Waals surface area contributed by atoms with Crippen molar-refractivity contribution in [1.29, 1.82) is 0 Å². The van der Waals surface area contributed by atoms with E-state index in [0.29, 0.717) is 17.5 Å². The Morgan fingerprint density at radius 2 is 1.90 bits per heavy atom. The molecule has 4 rings (SSSR count). The van der Waals surface area contributed by atoms with Gasteiger partial charge in [-0.05, 0) is 49.4 Å². The molecule has 7 nitrogen and oxygen atoms in total. The highest BCUT2D eigenvalue weighted by molar-refractivity contribution is 5.98. The number of fused-ring (bicyclic) bond motifs is 3. The lowest BCUT2D eigenvalue weighted by atomic mass is 9.81. The summed E-state index contributed by atoms with van der Waals surface area (Å²) in [5, 5.41) is 2.69. The Labute approximate surface area is 170 Å². The highest BCUT2D eigenvalue weighted by Gasteiger charge is 2.52. The van der Waals surface area contributed by atoms with Crippen LogP contribution in [0.3, 0.4) is 0 Å².